The number of nitrogens with one attached hydrogen (secondary N) is 1. The maximum atomic E-state index is 13.8. The first-order chi connectivity index (χ1) is 10.1. The highest BCUT2D eigenvalue weighted by atomic mass is 19.1. The minimum atomic E-state index is -0.231. The fourth-order valence-corrected chi connectivity index (χ4v) is 2.31. The van der Waals surface area contributed by atoms with E-state index in [2.05, 4.69) is 20.3 Å². The summed E-state index contributed by atoms with van der Waals surface area (Å²) in [6, 6.07) is 10.5. The van der Waals surface area contributed by atoms with Crippen LogP contribution in [-0.2, 0) is 0 Å². The van der Waals surface area contributed by atoms with Gasteiger partial charge in [0.15, 0.2) is 0 Å². The quantitative estimate of drug-likeness (QED) is 0.773. The maximum Gasteiger partial charge on any atom is 0.227 e. The van der Waals surface area contributed by atoms with Crippen molar-refractivity contribution in [3.8, 4) is 0 Å². The number of aromatic nitrogens is 3. The number of fused-ring (bicyclic) bond motifs is 1. The number of hydrogen-bond donors (Lipinski definition) is 2. The van der Waals surface area contributed by atoms with Crippen molar-refractivity contribution in [3.63, 3.8) is 0 Å². The largest absolute Gasteiger partial charge is 0.368 e. The molecule has 0 saturated carbocycles. The van der Waals surface area contributed by atoms with Crippen molar-refractivity contribution >= 4 is 22.7 Å². The van der Waals surface area contributed by atoms with Gasteiger partial charge in [-0.05, 0) is 23.9 Å². The standard InChI is InChI=1S/C15H14FN5/c1-9(20-15-19-8-18-14(17)21-15)10-6-7-13(16)12-5-3-2-4-11(10)12/h2-9H,1H3,(H3,17,18,19,20,21). The number of nitrogens with zero attached hydrogens (tertiary/aromatic N) is 3. The fourth-order valence-electron chi connectivity index (χ4n) is 2.31. The lowest BCUT2D eigenvalue weighted by Crippen LogP contribution is -2.11. The first-order valence-corrected chi connectivity index (χ1v) is 6.53. The van der Waals surface area contributed by atoms with Gasteiger partial charge in [0.1, 0.15) is 12.1 Å². The first kappa shape index (κ1) is 13.2. The number of benzene rings is 2. The van der Waals surface area contributed by atoms with E-state index in [0.29, 0.717) is 11.3 Å². The van der Waals surface area contributed by atoms with Gasteiger partial charge in [-0.25, -0.2) is 14.4 Å². The molecule has 3 N–H and O–H groups in total. The second-order valence-electron chi connectivity index (χ2n) is 4.72. The summed E-state index contributed by atoms with van der Waals surface area (Å²) in [6.45, 7) is 1.96. The molecule has 1 aromatic heterocycles. The Balaban J connectivity index is 1.98. The maximum absolute atomic E-state index is 13.8. The molecule has 0 spiro atoms. The van der Waals surface area contributed by atoms with Gasteiger partial charge < -0.3 is 11.1 Å². The molecule has 1 heterocycles. The summed E-state index contributed by atoms with van der Waals surface area (Å²) < 4.78 is 13.8. The lowest BCUT2D eigenvalue weighted by molar-refractivity contribution is 0.639. The molecule has 0 aliphatic rings. The minimum Gasteiger partial charge on any atom is -0.368 e. The molecule has 0 aliphatic heterocycles. The Morgan fingerprint density at radius 1 is 1.10 bits per heavy atom. The summed E-state index contributed by atoms with van der Waals surface area (Å²) in [4.78, 5) is 11.8. The number of hydrogen-bond acceptors (Lipinski definition) is 5. The average Bonchev–Trinajstić information content (AvgIpc) is 2.48. The van der Waals surface area contributed by atoms with Crippen LogP contribution in [0.5, 0.6) is 0 Å². The zero-order chi connectivity index (χ0) is 14.8. The van der Waals surface area contributed by atoms with Crippen molar-refractivity contribution in [2.45, 2.75) is 13.0 Å². The molecule has 3 rings (SSSR count). The van der Waals surface area contributed by atoms with Crippen LogP contribution < -0.4 is 11.1 Å². The molecule has 0 fully saturated rings. The summed E-state index contributed by atoms with van der Waals surface area (Å²) in [5.74, 6) is 0.318. The van der Waals surface area contributed by atoms with Gasteiger partial charge in [-0.15, -0.1) is 0 Å². The van der Waals surface area contributed by atoms with Crippen LogP contribution in [0.25, 0.3) is 10.8 Å². The predicted octanol–water partition coefficient (Wildman–Crippen LogP) is 2.92. The molecule has 0 saturated heterocycles. The Morgan fingerprint density at radius 3 is 2.62 bits per heavy atom. The highest BCUT2D eigenvalue weighted by Crippen LogP contribution is 2.27. The number of rotatable bonds is 3. The van der Waals surface area contributed by atoms with Gasteiger partial charge in [0, 0.05) is 5.39 Å². The number of halogens is 1. The second kappa shape index (κ2) is 5.32. The topological polar surface area (TPSA) is 76.7 Å². The Hall–Kier alpha value is -2.76. The summed E-state index contributed by atoms with van der Waals surface area (Å²) in [5, 5.41) is 4.60. The Labute approximate surface area is 121 Å². The first-order valence-electron chi connectivity index (χ1n) is 6.53. The molecular formula is C15H14FN5. The van der Waals surface area contributed by atoms with Gasteiger partial charge in [0.25, 0.3) is 0 Å². The predicted molar refractivity (Wildman–Crippen MR) is 80.2 cm³/mol. The third-order valence-electron chi connectivity index (χ3n) is 3.31. The van der Waals surface area contributed by atoms with Gasteiger partial charge in [-0.3, -0.25) is 0 Å². The molecule has 2 aromatic carbocycles. The number of nitrogen functional groups attached to an aromatic ring is 1. The van der Waals surface area contributed by atoms with Crippen molar-refractivity contribution in [1.82, 2.24) is 15.0 Å². The second-order valence-corrected chi connectivity index (χ2v) is 4.72. The van der Waals surface area contributed by atoms with Gasteiger partial charge >= 0.3 is 0 Å². The van der Waals surface area contributed by atoms with E-state index < -0.39 is 0 Å². The SMILES string of the molecule is CC(Nc1ncnc(N)n1)c1ccc(F)c2ccccc12. The van der Waals surface area contributed by atoms with Gasteiger partial charge in [0.05, 0.1) is 6.04 Å². The van der Waals surface area contributed by atoms with Crippen LogP contribution in [0.1, 0.15) is 18.5 Å². The summed E-state index contributed by atoms with van der Waals surface area (Å²) in [5.41, 5.74) is 6.50. The normalized spacial score (nSPS) is 12.3. The molecule has 0 aliphatic carbocycles. The highest BCUT2D eigenvalue weighted by Gasteiger charge is 2.12. The summed E-state index contributed by atoms with van der Waals surface area (Å²) in [7, 11) is 0. The van der Waals surface area contributed by atoms with Crippen molar-refractivity contribution in [2.24, 2.45) is 0 Å². The monoisotopic (exact) mass is 283 g/mol. The minimum absolute atomic E-state index is 0.0997. The van der Waals surface area contributed by atoms with Crippen LogP contribution in [0.15, 0.2) is 42.7 Å². The van der Waals surface area contributed by atoms with Crippen LogP contribution in [0.3, 0.4) is 0 Å². The van der Waals surface area contributed by atoms with E-state index in [9.17, 15) is 4.39 Å². The van der Waals surface area contributed by atoms with Gasteiger partial charge in [-0.1, -0.05) is 30.3 Å². The number of nitrogens with two attached hydrogens (primary N) is 1. The van der Waals surface area contributed by atoms with Crippen LogP contribution in [0.4, 0.5) is 16.3 Å². The fraction of sp³-hybridized carbons (Fsp3) is 0.133. The molecule has 6 heteroatoms. The van der Waals surface area contributed by atoms with Crippen LogP contribution in [-0.4, -0.2) is 15.0 Å². The molecule has 106 valence electrons. The Bertz CT molecular complexity index is 790. The average molecular weight is 283 g/mol. The molecule has 0 bridgehead atoms. The third-order valence-corrected chi connectivity index (χ3v) is 3.31. The number of anilines is 2. The summed E-state index contributed by atoms with van der Waals surface area (Å²) >= 11 is 0. The molecule has 0 amide bonds. The summed E-state index contributed by atoms with van der Waals surface area (Å²) in [6.07, 6.45) is 1.35. The zero-order valence-electron chi connectivity index (χ0n) is 11.4. The van der Waals surface area contributed by atoms with Gasteiger partial charge in [-0.2, -0.15) is 4.98 Å². The Kier molecular flexibility index (Phi) is 3.35. The van der Waals surface area contributed by atoms with E-state index >= 15 is 0 Å². The van der Waals surface area contributed by atoms with Gasteiger partial charge in [0.2, 0.25) is 11.9 Å². The van der Waals surface area contributed by atoms with Crippen molar-refractivity contribution in [2.75, 3.05) is 11.1 Å². The smallest absolute Gasteiger partial charge is 0.227 e. The highest BCUT2D eigenvalue weighted by molar-refractivity contribution is 5.86. The molecule has 0 radical (unpaired) electrons. The third kappa shape index (κ3) is 2.60. The van der Waals surface area contributed by atoms with E-state index in [1.165, 1.54) is 12.4 Å². The van der Waals surface area contributed by atoms with E-state index in [1.807, 2.05) is 25.1 Å². The lowest BCUT2D eigenvalue weighted by atomic mass is 9.99. The van der Waals surface area contributed by atoms with Crippen molar-refractivity contribution < 1.29 is 4.39 Å². The van der Waals surface area contributed by atoms with Crippen LogP contribution in [0.2, 0.25) is 0 Å². The Morgan fingerprint density at radius 2 is 1.86 bits per heavy atom. The lowest BCUT2D eigenvalue weighted by Gasteiger charge is -2.16. The van der Waals surface area contributed by atoms with Crippen molar-refractivity contribution in [1.29, 1.82) is 0 Å². The van der Waals surface area contributed by atoms with Crippen molar-refractivity contribution in [3.05, 3.63) is 54.1 Å². The molecule has 21 heavy (non-hydrogen) atoms. The zero-order valence-corrected chi connectivity index (χ0v) is 11.4. The van der Waals surface area contributed by atoms with E-state index in [0.717, 1.165) is 10.9 Å². The van der Waals surface area contributed by atoms with E-state index in [4.69, 9.17) is 5.73 Å². The molecular weight excluding hydrogens is 269 g/mol. The molecule has 1 atom stereocenters. The van der Waals surface area contributed by atoms with E-state index in [1.54, 1.807) is 12.1 Å². The molecule has 5 nitrogen and oxygen atoms in total. The van der Waals surface area contributed by atoms with E-state index in [-0.39, 0.29) is 17.8 Å². The molecule has 3 aromatic rings. The van der Waals surface area contributed by atoms with Crippen LogP contribution >= 0.6 is 0 Å². The molecule has 1 unspecified atom stereocenters. The van der Waals surface area contributed by atoms with Crippen LogP contribution in [0, 0.1) is 5.82 Å².